The predicted molar refractivity (Wildman–Crippen MR) is 150 cm³/mol. The van der Waals surface area contributed by atoms with E-state index >= 15 is 0 Å². The number of aromatic nitrogens is 2. The van der Waals surface area contributed by atoms with Gasteiger partial charge < -0.3 is 19.3 Å². The second-order valence-electron chi connectivity index (χ2n) is 11.5. The van der Waals surface area contributed by atoms with Crippen molar-refractivity contribution in [3.05, 3.63) is 51.4 Å². The van der Waals surface area contributed by atoms with E-state index in [4.69, 9.17) is 37.7 Å². The number of carbonyl (C=O) groups excluding carboxylic acids is 1. The third-order valence-corrected chi connectivity index (χ3v) is 9.55. The lowest BCUT2D eigenvalue weighted by atomic mass is 9.73. The normalized spacial score (nSPS) is 28.0. The molecule has 210 valence electrons. The fraction of sp³-hybridized carbons (Fsp3) is 0.607. The number of nitrogens with one attached hydrogen (secondary N) is 2. The van der Waals surface area contributed by atoms with E-state index in [2.05, 4.69) is 32.9 Å². The summed E-state index contributed by atoms with van der Waals surface area (Å²) in [5.41, 5.74) is 9.97. The van der Waals surface area contributed by atoms with Crippen LogP contribution in [0.3, 0.4) is 0 Å². The molecular weight excluding hydrogens is 539 g/mol. The molecule has 0 radical (unpaired) electrons. The van der Waals surface area contributed by atoms with Gasteiger partial charge in [-0.25, -0.2) is 15.2 Å². The molecule has 3 aliphatic heterocycles. The smallest absolute Gasteiger partial charge is 0.409 e. The lowest BCUT2D eigenvalue weighted by Crippen LogP contribution is -2.73. The Morgan fingerprint density at radius 1 is 1.15 bits per heavy atom. The molecule has 6 rings (SSSR count). The third kappa shape index (κ3) is 5.08. The van der Waals surface area contributed by atoms with Crippen molar-refractivity contribution in [1.29, 1.82) is 0 Å². The molecule has 2 aromatic heterocycles. The topological polar surface area (TPSA) is 91.9 Å². The molecule has 3 saturated heterocycles. The molecule has 5 heterocycles. The van der Waals surface area contributed by atoms with E-state index in [1.807, 2.05) is 27.0 Å². The zero-order valence-electron chi connectivity index (χ0n) is 22.6. The first-order valence-electron chi connectivity index (χ1n) is 13.9. The van der Waals surface area contributed by atoms with Crippen molar-refractivity contribution < 1.29 is 14.3 Å². The molecule has 4 unspecified atom stereocenters. The Bertz CT molecular complexity index is 1220. The number of rotatable bonds is 6. The number of fused-ring (bicyclic) bond motifs is 1. The molecule has 9 nitrogen and oxygen atoms in total. The number of carbonyl (C=O) groups is 1. The SMILES string of the molecule is CCOC(=O)N1CC2(C1)CN(c1ccc(C3NNC4CCC(O[C@H](C)c5c(Cl)cnc(C)c5Cl)CC43)cn1)C2. The minimum atomic E-state index is -0.213. The Morgan fingerprint density at radius 2 is 1.95 bits per heavy atom. The van der Waals surface area contributed by atoms with Gasteiger partial charge in [-0.2, -0.15) is 0 Å². The van der Waals surface area contributed by atoms with Gasteiger partial charge >= 0.3 is 6.09 Å². The van der Waals surface area contributed by atoms with Gasteiger partial charge in [-0.05, 0) is 57.6 Å². The van der Waals surface area contributed by atoms with Gasteiger partial charge in [-0.3, -0.25) is 10.4 Å². The third-order valence-electron chi connectivity index (χ3n) is 8.77. The van der Waals surface area contributed by atoms with Gasteiger partial charge in [-0.15, -0.1) is 0 Å². The van der Waals surface area contributed by atoms with E-state index in [0.29, 0.717) is 28.6 Å². The lowest BCUT2D eigenvalue weighted by Gasteiger charge is -2.59. The molecule has 2 N–H and O–H groups in total. The van der Waals surface area contributed by atoms with E-state index in [-0.39, 0.29) is 29.8 Å². The van der Waals surface area contributed by atoms with Crippen molar-refractivity contribution in [2.45, 2.75) is 64.3 Å². The van der Waals surface area contributed by atoms with Crippen LogP contribution in [0.15, 0.2) is 24.5 Å². The monoisotopic (exact) mass is 574 g/mol. The van der Waals surface area contributed by atoms with Crippen LogP contribution in [0.25, 0.3) is 0 Å². The Kier molecular flexibility index (Phi) is 7.39. The molecule has 4 fully saturated rings. The molecule has 0 aromatic carbocycles. The standard InChI is InChI=1S/C28H36Cl2N6O3/c1-4-38-27(37)36-14-28(15-36)12-35(13-28)23-8-5-18(10-32-23)26-20-9-19(6-7-22(20)33-34-26)39-17(3)24-21(29)11-31-16(2)25(24)30/h5,8,10-11,17,19-20,22,26,33-34H,4,6-7,9,12-15H2,1-3H3/t17-,19?,20?,22?,26?/m1/s1. The van der Waals surface area contributed by atoms with Crippen molar-refractivity contribution in [3.8, 4) is 0 Å². The first-order chi connectivity index (χ1) is 18.8. The number of ether oxygens (including phenoxy) is 2. The number of aryl methyl sites for hydroxylation is 1. The molecule has 0 bridgehead atoms. The summed E-state index contributed by atoms with van der Waals surface area (Å²) in [5, 5.41) is 1.13. The summed E-state index contributed by atoms with van der Waals surface area (Å²) in [6.45, 7) is 9.53. The van der Waals surface area contributed by atoms with Gasteiger partial charge in [0.25, 0.3) is 0 Å². The van der Waals surface area contributed by atoms with Gasteiger partial charge in [0.2, 0.25) is 0 Å². The van der Waals surface area contributed by atoms with E-state index < -0.39 is 0 Å². The molecule has 11 heteroatoms. The maximum absolute atomic E-state index is 11.9. The van der Waals surface area contributed by atoms with Crippen LogP contribution in [0.5, 0.6) is 0 Å². The summed E-state index contributed by atoms with van der Waals surface area (Å²) < 4.78 is 11.6. The molecule has 2 aromatic rings. The van der Waals surface area contributed by atoms with Gasteiger partial charge in [0.1, 0.15) is 5.82 Å². The summed E-state index contributed by atoms with van der Waals surface area (Å²) >= 11 is 13.0. The Balaban J connectivity index is 1.05. The molecule has 39 heavy (non-hydrogen) atoms. The number of halogens is 2. The van der Waals surface area contributed by atoms with Crippen LogP contribution in [-0.2, 0) is 9.47 Å². The van der Waals surface area contributed by atoms with Crippen LogP contribution < -0.4 is 15.8 Å². The average Bonchev–Trinajstić information content (AvgIpc) is 3.29. The summed E-state index contributed by atoms with van der Waals surface area (Å²) in [5.74, 6) is 1.38. The number of hydrogen-bond acceptors (Lipinski definition) is 8. The quantitative estimate of drug-likeness (QED) is 0.506. The highest BCUT2D eigenvalue weighted by atomic mass is 35.5. The molecular formula is C28H36Cl2N6O3. The molecule has 1 amide bonds. The van der Waals surface area contributed by atoms with Gasteiger partial charge in [0, 0.05) is 55.6 Å². The maximum Gasteiger partial charge on any atom is 0.409 e. The highest BCUT2D eigenvalue weighted by molar-refractivity contribution is 6.36. The number of anilines is 1. The minimum Gasteiger partial charge on any atom is -0.450 e. The van der Waals surface area contributed by atoms with Crippen molar-refractivity contribution in [2.24, 2.45) is 11.3 Å². The number of pyridine rings is 2. The van der Waals surface area contributed by atoms with E-state index in [0.717, 1.165) is 62.5 Å². The first-order valence-corrected chi connectivity index (χ1v) is 14.6. The number of hydrazine groups is 1. The number of nitrogens with zero attached hydrogens (tertiary/aromatic N) is 4. The van der Waals surface area contributed by atoms with Gasteiger partial charge in [0.05, 0.1) is 40.6 Å². The fourth-order valence-corrected chi connectivity index (χ4v) is 7.43. The van der Waals surface area contributed by atoms with E-state index in [1.54, 1.807) is 11.1 Å². The van der Waals surface area contributed by atoms with Crippen LogP contribution >= 0.6 is 23.2 Å². The summed E-state index contributed by atoms with van der Waals surface area (Å²) in [7, 11) is 0. The fourth-order valence-electron chi connectivity index (χ4n) is 6.78. The van der Waals surface area contributed by atoms with Crippen molar-refractivity contribution >= 4 is 35.1 Å². The number of hydrogen-bond donors (Lipinski definition) is 2. The molecule has 1 saturated carbocycles. The maximum atomic E-state index is 11.9. The summed E-state index contributed by atoms with van der Waals surface area (Å²) in [6, 6.07) is 4.87. The minimum absolute atomic E-state index is 0.118. The highest BCUT2D eigenvalue weighted by Crippen LogP contribution is 2.44. The molecule has 1 aliphatic carbocycles. The largest absolute Gasteiger partial charge is 0.450 e. The van der Waals surface area contributed by atoms with Gasteiger partial charge in [-0.1, -0.05) is 29.3 Å². The van der Waals surface area contributed by atoms with Crippen LogP contribution in [0.2, 0.25) is 10.0 Å². The van der Waals surface area contributed by atoms with Crippen LogP contribution in [0.1, 0.15) is 62.1 Å². The Labute approximate surface area is 239 Å². The van der Waals surface area contributed by atoms with E-state index in [9.17, 15) is 4.79 Å². The zero-order chi connectivity index (χ0) is 27.3. The second kappa shape index (κ2) is 10.7. The average molecular weight is 576 g/mol. The van der Waals surface area contributed by atoms with Crippen LogP contribution in [-0.4, -0.2) is 65.9 Å². The highest BCUT2D eigenvalue weighted by Gasteiger charge is 2.54. The van der Waals surface area contributed by atoms with Crippen molar-refractivity contribution in [1.82, 2.24) is 25.7 Å². The summed E-state index contributed by atoms with van der Waals surface area (Å²) in [6.07, 6.45) is 6.30. The first kappa shape index (κ1) is 27.0. The number of amides is 1. The summed E-state index contributed by atoms with van der Waals surface area (Å²) in [4.78, 5) is 25.0. The number of likely N-dealkylation sites (tertiary alicyclic amines) is 1. The molecule has 1 spiro atoms. The lowest BCUT2D eigenvalue weighted by molar-refractivity contribution is -0.0370. The molecule has 5 atom stereocenters. The van der Waals surface area contributed by atoms with Crippen molar-refractivity contribution in [2.75, 3.05) is 37.7 Å². The Morgan fingerprint density at radius 3 is 2.67 bits per heavy atom. The molecule has 4 aliphatic rings. The van der Waals surface area contributed by atoms with Crippen molar-refractivity contribution in [3.63, 3.8) is 0 Å². The van der Waals surface area contributed by atoms with E-state index in [1.165, 1.54) is 5.56 Å². The zero-order valence-corrected chi connectivity index (χ0v) is 24.1. The second-order valence-corrected chi connectivity index (χ2v) is 12.3. The Hall–Kier alpha value is -2.17. The predicted octanol–water partition coefficient (Wildman–Crippen LogP) is 4.83. The van der Waals surface area contributed by atoms with Crippen LogP contribution in [0, 0.1) is 18.3 Å². The van der Waals surface area contributed by atoms with Crippen LogP contribution in [0.4, 0.5) is 10.6 Å². The van der Waals surface area contributed by atoms with Gasteiger partial charge in [0.15, 0.2) is 0 Å².